The fourth-order valence-corrected chi connectivity index (χ4v) is 0.947. The Morgan fingerprint density at radius 3 is 2.50 bits per heavy atom. The number of carboxylic acids is 1. The van der Waals surface area contributed by atoms with E-state index in [0.29, 0.717) is 6.07 Å². The first kappa shape index (κ1) is 11.8. The first-order chi connectivity index (χ1) is 7.34. The van der Waals surface area contributed by atoms with Gasteiger partial charge in [-0.2, -0.15) is 0 Å². The molecule has 1 aromatic rings. The molecule has 0 saturated heterocycles. The van der Waals surface area contributed by atoms with Gasteiger partial charge in [0.15, 0.2) is 0 Å². The van der Waals surface area contributed by atoms with E-state index >= 15 is 0 Å². The molecule has 1 heterocycles. The van der Waals surface area contributed by atoms with E-state index in [1.54, 1.807) is 0 Å². The van der Waals surface area contributed by atoms with Crippen LogP contribution < -0.4 is 0 Å². The molecule has 0 fully saturated rings. The molecule has 0 aliphatic rings. The van der Waals surface area contributed by atoms with Crippen molar-refractivity contribution in [3.05, 3.63) is 27.4 Å². The van der Waals surface area contributed by atoms with Gasteiger partial charge in [-0.15, -0.1) is 0 Å². The quantitative estimate of drug-likeness (QED) is 0.602. The zero-order chi connectivity index (χ0) is 12.5. The van der Waals surface area contributed by atoms with E-state index in [9.17, 15) is 23.7 Å². The largest absolute Gasteiger partial charge is 0.501 e. The molecular formula is C7H4F2N2O5. The van der Waals surface area contributed by atoms with Crippen LogP contribution in [-0.4, -0.2) is 26.1 Å². The zero-order valence-corrected chi connectivity index (χ0v) is 7.42. The SMILES string of the molecule is O=C(O)c1cc(C(F)F)c(O)c([N+](=O)[O-])n1. The standard InChI is InChI=1S/C7H4F2N2O5/c8-5(9)2-1-3(7(13)14)10-6(4(2)12)11(15)16/h1,5,12H,(H,13,14). The average molecular weight is 234 g/mol. The Morgan fingerprint density at radius 1 is 1.56 bits per heavy atom. The molecule has 86 valence electrons. The minimum atomic E-state index is -3.24. The minimum absolute atomic E-state index is 0.384. The van der Waals surface area contributed by atoms with Crippen molar-refractivity contribution in [3.8, 4) is 5.75 Å². The van der Waals surface area contributed by atoms with Crippen LogP contribution in [0.25, 0.3) is 0 Å². The van der Waals surface area contributed by atoms with Gasteiger partial charge >= 0.3 is 11.8 Å². The van der Waals surface area contributed by atoms with Gasteiger partial charge in [0.25, 0.3) is 12.1 Å². The maximum Gasteiger partial charge on any atom is 0.407 e. The summed E-state index contributed by atoms with van der Waals surface area (Å²) in [5.41, 5.74) is -2.07. The molecule has 0 bridgehead atoms. The number of halogens is 2. The number of hydrogen-bond acceptors (Lipinski definition) is 5. The van der Waals surface area contributed by atoms with E-state index in [0.717, 1.165) is 0 Å². The number of aromatic hydroxyl groups is 1. The molecule has 16 heavy (non-hydrogen) atoms. The lowest BCUT2D eigenvalue weighted by molar-refractivity contribution is -0.390. The molecule has 0 amide bonds. The highest BCUT2D eigenvalue weighted by molar-refractivity contribution is 5.86. The van der Waals surface area contributed by atoms with E-state index in [-0.39, 0.29) is 0 Å². The van der Waals surface area contributed by atoms with Gasteiger partial charge in [0.1, 0.15) is 0 Å². The van der Waals surface area contributed by atoms with Gasteiger partial charge in [-0.05, 0) is 9.91 Å². The fourth-order valence-electron chi connectivity index (χ4n) is 0.947. The second-order valence-corrected chi connectivity index (χ2v) is 2.63. The summed E-state index contributed by atoms with van der Waals surface area (Å²) in [4.78, 5) is 22.5. The summed E-state index contributed by atoms with van der Waals surface area (Å²) < 4.78 is 24.6. The number of nitro groups is 1. The van der Waals surface area contributed by atoms with Gasteiger partial charge in [0, 0.05) is 6.07 Å². The number of carboxylic acid groups (broad SMARTS) is 1. The number of carbonyl (C=O) groups is 1. The molecule has 1 aromatic heterocycles. The van der Waals surface area contributed by atoms with Gasteiger partial charge in [0.2, 0.25) is 5.75 Å². The van der Waals surface area contributed by atoms with E-state index in [1.807, 2.05) is 0 Å². The summed E-state index contributed by atoms with van der Waals surface area (Å²) in [6.07, 6.45) is -3.24. The van der Waals surface area contributed by atoms with Crippen molar-refractivity contribution in [2.45, 2.75) is 6.43 Å². The van der Waals surface area contributed by atoms with Crippen LogP contribution in [0.15, 0.2) is 6.07 Å². The third kappa shape index (κ3) is 2.02. The lowest BCUT2D eigenvalue weighted by Crippen LogP contribution is -2.05. The second-order valence-electron chi connectivity index (χ2n) is 2.63. The predicted octanol–water partition coefficient (Wildman–Crippen LogP) is 1.33. The fraction of sp³-hybridized carbons (Fsp3) is 0.143. The van der Waals surface area contributed by atoms with Gasteiger partial charge in [-0.3, -0.25) is 0 Å². The number of rotatable bonds is 3. The van der Waals surface area contributed by atoms with Gasteiger partial charge in [0.05, 0.1) is 5.56 Å². The molecule has 0 saturated carbocycles. The van der Waals surface area contributed by atoms with Crippen molar-refractivity contribution in [1.29, 1.82) is 0 Å². The molecule has 2 N–H and O–H groups in total. The van der Waals surface area contributed by atoms with Crippen molar-refractivity contribution >= 4 is 11.8 Å². The predicted molar refractivity (Wildman–Crippen MR) is 44.5 cm³/mol. The van der Waals surface area contributed by atoms with Crippen molar-refractivity contribution in [2.75, 3.05) is 0 Å². The molecule has 7 nitrogen and oxygen atoms in total. The van der Waals surface area contributed by atoms with E-state index in [4.69, 9.17) is 10.2 Å². The highest BCUT2D eigenvalue weighted by Crippen LogP contribution is 2.34. The van der Waals surface area contributed by atoms with Crippen LogP contribution in [0.2, 0.25) is 0 Å². The number of hydrogen-bond donors (Lipinski definition) is 2. The molecule has 1 rings (SSSR count). The van der Waals surface area contributed by atoms with E-state index in [2.05, 4.69) is 4.98 Å². The first-order valence-electron chi connectivity index (χ1n) is 3.74. The van der Waals surface area contributed by atoms with Gasteiger partial charge < -0.3 is 20.3 Å². The normalized spacial score (nSPS) is 10.4. The second kappa shape index (κ2) is 4.04. The zero-order valence-electron chi connectivity index (χ0n) is 7.42. The highest BCUT2D eigenvalue weighted by Gasteiger charge is 2.29. The Labute approximate surface area is 86.1 Å². The molecular weight excluding hydrogens is 230 g/mol. The van der Waals surface area contributed by atoms with Crippen molar-refractivity contribution in [1.82, 2.24) is 4.98 Å². The van der Waals surface area contributed by atoms with Gasteiger partial charge in [-0.1, -0.05) is 0 Å². The third-order valence-electron chi connectivity index (χ3n) is 1.63. The lowest BCUT2D eigenvalue weighted by Gasteiger charge is -2.03. The molecule has 0 aromatic carbocycles. The van der Waals surface area contributed by atoms with Crippen molar-refractivity contribution in [2.24, 2.45) is 0 Å². The Hall–Kier alpha value is -2.32. The third-order valence-corrected chi connectivity index (χ3v) is 1.63. The minimum Gasteiger partial charge on any atom is -0.501 e. The molecule has 0 aliphatic carbocycles. The maximum absolute atomic E-state index is 12.3. The van der Waals surface area contributed by atoms with Crippen LogP contribution in [-0.2, 0) is 0 Å². The summed E-state index contributed by atoms with van der Waals surface area (Å²) in [5.74, 6) is -4.34. The van der Waals surface area contributed by atoms with Crippen LogP contribution in [0, 0.1) is 10.1 Å². The van der Waals surface area contributed by atoms with Crippen LogP contribution in [0.4, 0.5) is 14.6 Å². The Morgan fingerprint density at radius 2 is 2.12 bits per heavy atom. The van der Waals surface area contributed by atoms with Crippen LogP contribution in [0.5, 0.6) is 5.75 Å². The number of aromatic nitrogens is 1. The number of nitrogens with zero attached hydrogens (tertiary/aromatic N) is 2. The molecule has 0 spiro atoms. The Balaban J connectivity index is 3.51. The van der Waals surface area contributed by atoms with Crippen LogP contribution in [0.1, 0.15) is 22.5 Å². The number of aromatic carboxylic acids is 1. The summed E-state index contributed by atoms with van der Waals surface area (Å²) in [7, 11) is 0. The smallest absolute Gasteiger partial charge is 0.407 e. The average Bonchev–Trinajstić information content (AvgIpc) is 2.16. The maximum atomic E-state index is 12.3. The summed E-state index contributed by atoms with van der Waals surface area (Å²) in [6.45, 7) is 0. The molecule has 0 atom stereocenters. The summed E-state index contributed by atoms with van der Waals surface area (Å²) in [5, 5.41) is 27.9. The molecule has 9 heteroatoms. The highest BCUT2D eigenvalue weighted by atomic mass is 19.3. The number of pyridine rings is 1. The lowest BCUT2D eigenvalue weighted by atomic mass is 10.2. The van der Waals surface area contributed by atoms with Crippen LogP contribution in [0.3, 0.4) is 0 Å². The molecule has 0 aliphatic heterocycles. The van der Waals surface area contributed by atoms with E-state index in [1.165, 1.54) is 0 Å². The topological polar surface area (TPSA) is 114 Å². The molecule has 0 unspecified atom stereocenters. The number of alkyl halides is 2. The van der Waals surface area contributed by atoms with Gasteiger partial charge in [-0.25, -0.2) is 13.6 Å². The molecule has 0 radical (unpaired) electrons. The summed E-state index contributed by atoms with van der Waals surface area (Å²) in [6, 6.07) is 0.384. The van der Waals surface area contributed by atoms with Crippen LogP contribution >= 0.6 is 0 Å². The monoisotopic (exact) mass is 234 g/mol. The Bertz CT molecular complexity index is 462. The Kier molecular flexibility index (Phi) is 2.97. The first-order valence-corrected chi connectivity index (χ1v) is 3.74. The van der Waals surface area contributed by atoms with E-state index < -0.39 is 40.1 Å². The summed E-state index contributed by atoms with van der Waals surface area (Å²) >= 11 is 0. The van der Waals surface area contributed by atoms with Crippen molar-refractivity contribution < 1.29 is 28.7 Å². The van der Waals surface area contributed by atoms with Crippen molar-refractivity contribution in [3.63, 3.8) is 0 Å².